The van der Waals surface area contributed by atoms with Gasteiger partial charge in [-0.15, -0.1) is 0 Å². The molecule has 1 unspecified atom stereocenters. The largest absolute Gasteiger partial charge is 0.392 e. The summed E-state index contributed by atoms with van der Waals surface area (Å²) in [6, 6.07) is 8.26. The van der Waals surface area contributed by atoms with Gasteiger partial charge in [0, 0.05) is 13.0 Å². The van der Waals surface area contributed by atoms with Crippen molar-refractivity contribution in [1.82, 2.24) is 4.90 Å². The number of benzene rings is 1. The number of aryl methyl sites for hydroxylation is 2. The first-order chi connectivity index (χ1) is 9.08. The van der Waals surface area contributed by atoms with E-state index in [-0.39, 0.29) is 11.9 Å². The van der Waals surface area contributed by atoms with Crippen molar-refractivity contribution in [2.75, 3.05) is 6.54 Å². The van der Waals surface area contributed by atoms with Gasteiger partial charge >= 0.3 is 0 Å². The highest BCUT2D eigenvalue weighted by molar-refractivity contribution is 7.80. The Labute approximate surface area is 119 Å². The molecule has 0 spiro atoms. The molecule has 0 aromatic heterocycles. The Balaban J connectivity index is 1.92. The molecule has 0 aliphatic carbocycles. The zero-order chi connectivity index (χ0) is 13.8. The molecule has 0 bridgehead atoms. The monoisotopic (exact) mass is 276 g/mol. The maximum atomic E-state index is 12.2. The molecule has 19 heavy (non-hydrogen) atoms. The Morgan fingerprint density at radius 3 is 3.00 bits per heavy atom. The Bertz CT molecular complexity index is 487. The van der Waals surface area contributed by atoms with Gasteiger partial charge in [0.1, 0.15) is 0 Å². The van der Waals surface area contributed by atoms with Gasteiger partial charge in [0.2, 0.25) is 5.91 Å². The van der Waals surface area contributed by atoms with E-state index in [1.165, 1.54) is 11.1 Å². The quantitative estimate of drug-likeness (QED) is 0.858. The molecule has 1 aromatic carbocycles. The van der Waals surface area contributed by atoms with Crippen LogP contribution in [0.2, 0.25) is 0 Å². The van der Waals surface area contributed by atoms with E-state index >= 15 is 0 Å². The van der Waals surface area contributed by atoms with E-state index in [4.69, 9.17) is 18.0 Å². The van der Waals surface area contributed by atoms with Gasteiger partial charge in [-0.25, -0.2) is 0 Å². The molecule has 1 aliphatic heterocycles. The molecule has 1 aliphatic rings. The number of amides is 1. The van der Waals surface area contributed by atoms with Crippen LogP contribution in [0.15, 0.2) is 24.3 Å². The molecule has 3 nitrogen and oxygen atoms in total. The van der Waals surface area contributed by atoms with Crippen LogP contribution < -0.4 is 5.73 Å². The SMILES string of the molecule is Cc1cccc(CCC(=O)N2CCCC2C(N)=S)c1. The van der Waals surface area contributed by atoms with Crippen LogP contribution in [0.3, 0.4) is 0 Å². The molecule has 1 amide bonds. The Morgan fingerprint density at radius 2 is 2.32 bits per heavy atom. The summed E-state index contributed by atoms with van der Waals surface area (Å²) in [5.41, 5.74) is 8.13. The molecule has 2 N–H and O–H groups in total. The summed E-state index contributed by atoms with van der Waals surface area (Å²) in [5.74, 6) is 0.164. The van der Waals surface area contributed by atoms with Crippen molar-refractivity contribution in [3.8, 4) is 0 Å². The summed E-state index contributed by atoms with van der Waals surface area (Å²) >= 11 is 5.03. The summed E-state index contributed by atoms with van der Waals surface area (Å²) in [4.78, 5) is 14.5. The van der Waals surface area contributed by atoms with Crippen LogP contribution in [-0.2, 0) is 11.2 Å². The normalized spacial score (nSPS) is 18.6. The first kappa shape index (κ1) is 14.0. The van der Waals surface area contributed by atoms with E-state index in [0.29, 0.717) is 11.4 Å². The number of nitrogens with two attached hydrogens (primary N) is 1. The maximum absolute atomic E-state index is 12.2. The summed E-state index contributed by atoms with van der Waals surface area (Å²) in [6.45, 7) is 2.85. The number of hydrogen-bond donors (Lipinski definition) is 1. The predicted octanol–water partition coefficient (Wildman–Crippen LogP) is 2.20. The van der Waals surface area contributed by atoms with E-state index in [1.807, 2.05) is 11.0 Å². The second kappa shape index (κ2) is 6.15. The van der Waals surface area contributed by atoms with E-state index < -0.39 is 0 Å². The van der Waals surface area contributed by atoms with Crippen LogP contribution in [0.5, 0.6) is 0 Å². The van der Waals surface area contributed by atoms with Gasteiger partial charge < -0.3 is 10.6 Å². The first-order valence-corrected chi connectivity index (χ1v) is 7.13. The predicted molar refractivity (Wildman–Crippen MR) is 81.0 cm³/mol. The van der Waals surface area contributed by atoms with E-state index in [0.717, 1.165) is 25.8 Å². The van der Waals surface area contributed by atoms with Gasteiger partial charge in [-0.3, -0.25) is 4.79 Å². The van der Waals surface area contributed by atoms with E-state index in [1.54, 1.807) is 0 Å². The van der Waals surface area contributed by atoms with Crippen LogP contribution >= 0.6 is 12.2 Å². The third-order valence-corrected chi connectivity index (χ3v) is 3.88. The van der Waals surface area contributed by atoms with Crippen molar-refractivity contribution in [3.63, 3.8) is 0 Å². The van der Waals surface area contributed by atoms with Gasteiger partial charge in [0.15, 0.2) is 0 Å². The first-order valence-electron chi connectivity index (χ1n) is 6.72. The fourth-order valence-corrected chi connectivity index (χ4v) is 2.87. The standard InChI is InChI=1S/C15H20N2OS/c1-11-4-2-5-12(10-11)7-8-14(18)17-9-3-6-13(17)15(16)19/h2,4-5,10,13H,3,6-9H2,1H3,(H2,16,19). The third-order valence-electron chi connectivity index (χ3n) is 3.61. The minimum Gasteiger partial charge on any atom is -0.392 e. The van der Waals surface area contributed by atoms with E-state index in [9.17, 15) is 4.79 Å². The van der Waals surface area contributed by atoms with Crippen LogP contribution in [0.25, 0.3) is 0 Å². The Hall–Kier alpha value is -1.42. The molecule has 0 radical (unpaired) electrons. The molecule has 4 heteroatoms. The Morgan fingerprint density at radius 1 is 1.53 bits per heavy atom. The lowest BCUT2D eigenvalue weighted by atomic mass is 10.1. The second-order valence-electron chi connectivity index (χ2n) is 5.14. The summed E-state index contributed by atoms with van der Waals surface area (Å²) in [7, 11) is 0. The molecule has 1 saturated heterocycles. The maximum Gasteiger partial charge on any atom is 0.223 e. The van der Waals surface area contributed by atoms with Crippen LogP contribution in [0.1, 0.15) is 30.4 Å². The van der Waals surface area contributed by atoms with Crippen molar-refractivity contribution >= 4 is 23.1 Å². The minimum atomic E-state index is -0.0278. The third kappa shape index (κ3) is 3.53. The van der Waals surface area contributed by atoms with Crippen molar-refractivity contribution in [3.05, 3.63) is 35.4 Å². The molecule has 2 rings (SSSR count). The molecule has 1 aromatic rings. The number of nitrogens with zero attached hydrogens (tertiary/aromatic N) is 1. The molecular formula is C15H20N2OS. The summed E-state index contributed by atoms with van der Waals surface area (Å²) < 4.78 is 0. The van der Waals surface area contributed by atoms with Crippen LogP contribution in [-0.4, -0.2) is 28.4 Å². The Kier molecular flexibility index (Phi) is 4.53. The summed E-state index contributed by atoms with van der Waals surface area (Å²) in [6.07, 6.45) is 3.22. The lowest BCUT2D eigenvalue weighted by Crippen LogP contribution is -2.42. The minimum absolute atomic E-state index is 0.0278. The van der Waals surface area contributed by atoms with Gasteiger partial charge in [-0.05, 0) is 31.7 Å². The fourth-order valence-electron chi connectivity index (χ4n) is 2.62. The van der Waals surface area contributed by atoms with Crippen molar-refractivity contribution in [2.24, 2.45) is 5.73 Å². The number of hydrogen-bond acceptors (Lipinski definition) is 2. The number of rotatable bonds is 4. The highest BCUT2D eigenvalue weighted by Crippen LogP contribution is 2.19. The average Bonchev–Trinajstić information content (AvgIpc) is 2.85. The smallest absolute Gasteiger partial charge is 0.223 e. The lowest BCUT2D eigenvalue weighted by molar-refractivity contribution is -0.130. The van der Waals surface area contributed by atoms with Gasteiger partial charge in [0.05, 0.1) is 11.0 Å². The lowest BCUT2D eigenvalue weighted by Gasteiger charge is -2.23. The summed E-state index contributed by atoms with van der Waals surface area (Å²) in [5, 5.41) is 0. The average molecular weight is 276 g/mol. The number of likely N-dealkylation sites (tertiary alicyclic amines) is 1. The van der Waals surface area contributed by atoms with Gasteiger partial charge in [0.25, 0.3) is 0 Å². The van der Waals surface area contributed by atoms with Gasteiger partial charge in [-0.2, -0.15) is 0 Å². The zero-order valence-electron chi connectivity index (χ0n) is 11.3. The molecule has 1 fully saturated rings. The molecule has 102 valence electrons. The van der Waals surface area contributed by atoms with Gasteiger partial charge in [-0.1, -0.05) is 42.0 Å². The second-order valence-corrected chi connectivity index (χ2v) is 5.61. The molecule has 1 atom stereocenters. The molecule has 0 saturated carbocycles. The highest BCUT2D eigenvalue weighted by atomic mass is 32.1. The number of carbonyl (C=O) groups excluding carboxylic acids is 1. The van der Waals surface area contributed by atoms with Crippen LogP contribution in [0, 0.1) is 6.92 Å². The highest BCUT2D eigenvalue weighted by Gasteiger charge is 2.29. The van der Waals surface area contributed by atoms with E-state index in [2.05, 4.69) is 25.1 Å². The zero-order valence-corrected chi connectivity index (χ0v) is 12.1. The number of thiocarbonyl (C=S) groups is 1. The van der Waals surface area contributed by atoms with Crippen LogP contribution in [0.4, 0.5) is 0 Å². The van der Waals surface area contributed by atoms with Crippen molar-refractivity contribution in [2.45, 2.75) is 38.6 Å². The number of carbonyl (C=O) groups is 1. The van der Waals surface area contributed by atoms with Crippen molar-refractivity contribution in [1.29, 1.82) is 0 Å². The fraction of sp³-hybridized carbons (Fsp3) is 0.467. The van der Waals surface area contributed by atoms with Crippen molar-refractivity contribution < 1.29 is 4.79 Å². The molecular weight excluding hydrogens is 256 g/mol. The molecule has 1 heterocycles. The topological polar surface area (TPSA) is 46.3 Å².